The molecule has 1 aromatic carbocycles. The maximum atomic E-state index is 11.8. The normalized spacial score (nSPS) is 10.8. The monoisotopic (exact) mass is 338 g/mol. The van der Waals surface area contributed by atoms with Crippen LogP contribution in [0, 0.1) is 6.92 Å². The fourth-order valence-electron chi connectivity index (χ4n) is 1.93. The number of H-pyrrole nitrogens is 1. The molecule has 0 saturated heterocycles. The van der Waals surface area contributed by atoms with Gasteiger partial charge in [-0.25, -0.2) is 10.2 Å². The number of hydrazone groups is 1. The highest BCUT2D eigenvalue weighted by Gasteiger charge is 2.11. The third-order valence-corrected chi connectivity index (χ3v) is 3.13. The summed E-state index contributed by atoms with van der Waals surface area (Å²) in [4.78, 5) is 23.5. The Kier molecular flexibility index (Phi) is 4.70. The molecule has 25 heavy (non-hydrogen) atoms. The molecule has 1 amide bonds. The standard InChI is InChI=1S/C17H14N4O4/c1-11-9-14(20-19-11)16(22)21-18-10-12-4-6-13(7-5-12)25-17(23)15-3-2-8-24-15/h2-10H,1H3,(H,19,20)(H,21,22). The molecule has 0 aliphatic heterocycles. The number of carbonyl (C=O) groups excluding carboxylic acids is 2. The Morgan fingerprint density at radius 3 is 2.72 bits per heavy atom. The number of ether oxygens (including phenoxy) is 1. The van der Waals surface area contributed by atoms with E-state index in [-0.39, 0.29) is 11.5 Å². The molecule has 0 bridgehead atoms. The molecule has 0 aliphatic rings. The van der Waals surface area contributed by atoms with Crippen molar-refractivity contribution in [3.8, 4) is 5.75 Å². The van der Waals surface area contributed by atoms with Crippen molar-refractivity contribution in [3.63, 3.8) is 0 Å². The molecule has 2 aromatic heterocycles. The highest BCUT2D eigenvalue weighted by atomic mass is 16.5. The molecule has 2 N–H and O–H groups in total. The van der Waals surface area contributed by atoms with Crippen molar-refractivity contribution < 1.29 is 18.7 Å². The molecule has 126 valence electrons. The number of carbonyl (C=O) groups is 2. The van der Waals surface area contributed by atoms with Crippen LogP contribution in [-0.4, -0.2) is 28.3 Å². The van der Waals surface area contributed by atoms with Gasteiger partial charge >= 0.3 is 5.97 Å². The first-order chi connectivity index (χ1) is 12.1. The van der Waals surface area contributed by atoms with Crippen LogP contribution in [0.2, 0.25) is 0 Å². The number of furan rings is 1. The molecule has 3 aromatic rings. The van der Waals surface area contributed by atoms with Gasteiger partial charge in [0.15, 0.2) is 5.69 Å². The van der Waals surface area contributed by atoms with Gasteiger partial charge in [-0.15, -0.1) is 0 Å². The van der Waals surface area contributed by atoms with E-state index in [9.17, 15) is 9.59 Å². The number of nitrogens with one attached hydrogen (secondary N) is 2. The third-order valence-electron chi connectivity index (χ3n) is 3.13. The summed E-state index contributed by atoms with van der Waals surface area (Å²) in [5.74, 6) is -0.492. The fourth-order valence-corrected chi connectivity index (χ4v) is 1.93. The number of rotatable bonds is 5. The van der Waals surface area contributed by atoms with Crippen LogP contribution in [0.3, 0.4) is 0 Å². The molecule has 0 spiro atoms. The Hall–Kier alpha value is -3.68. The van der Waals surface area contributed by atoms with Crippen molar-refractivity contribution in [1.82, 2.24) is 15.6 Å². The van der Waals surface area contributed by atoms with Gasteiger partial charge in [0.2, 0.25) is 5.76 Å². The van der Waals surface area contributed by atoms with E-state index in [0.29, 0.717) is 5.75 Å². The maximum Gasteiger partial charge on any atom is 0.379 e. The predicted octanol–water partition coefficient (Wildman–Crippen LogP) is 2.29. The zero-order valence-electron chi connectivity index (χ0n) is 13.2. The molecule has 2 heterocycles. The maximum absolute atomic E-state index is 11.8. The lowest BCUT2D eigenvalue weighted by Crippen LogP contribution is -2.18. The van der Waals surface area contributed by atoms with Crippen LogP contribution in [0.25, 0.3) is 0 Å². The summed E-state index contributed by atoms with van der Waals surface area (Å²) in [7, 11) is 0. The van der Waals surface area contributed by atoms with Gasteiger partial charge < -0.3 is 9.15 Å². The molecule has 8 nitrogen and oxygen atoms in total. The number of esters is 1. The summed E-state index contributed by atoms with van der Waals surface area (Å²) in [5, 5.41) is 10.4. The van der Waals surface area contributed by atoms with Gasteiger partial charge in [0.25, 0.3) is 5.91 Å². The van der Waals surface area contributed by atoms with Crippen LogP contribution in [0.1, 0.15) is 32.3 Å². The Labute approximate surface area is 142 Å². The van der Waals surface area contributed by atoms with Crippen LogP contribution in [0.5, 0.6) is 5.75 Å². The molecule has 8 heteroatoms. The highest BCUT2D eigenvalue weighted by molar-refractivity contribution is 5.93. The minimum atomic E-state index is -0.576. The summed E-state index contributed by atoms with van der Waals surface area (Å²) >= 11 is 0. The van der Waals surface area contributed by atoms with Gasteiger partial charge in [0.1, 0.15) is 5.75 Å². The van der Waals surface area contributed by atoms with Crippen LogP contribution >= 0.6 is 0 Å². The summed E-state index contributed by atoms with van der Waals surface area (Å²) in [6, 6.07) is 11.4. The van der Waals surface area contributed by atoms with Crippen LogP contribution in [-0.2, 0) is 0 Å². The van der Waals surface area contributed by atoms with E-state index >= 15 is 0 Å². The summed E-state index contributed by atoms with van der Waals surface area (Å²) in [5.41, 5.74) is 4.14. The van der Waals surface area contributed by atoms with Crippen LogP contribution in [0.15, 0.2) is 58.2 Å². The Balaban J connectivity index is 1.55. The molecule has 0 atom stereocenters. The van der Waals surface area contributed by atoms with E-state index in [1.54, 1.807) is 43.3 Å². The van der Waals surface area contributed by atoms with E-state index < -0.39 is 11.9 Å². The molecule has 0 aliphatic carbocycles. The first-order valence-electron chi connectivity index (χ1n) is 7.33. The molecule has 0 fully saturated rings. The molecule has 0 radical (unpaired) electrons. The Morgan fingerprint density at radius 2 is 2.08 bits per heavy atom. The number of hydrogen-bond donors (Lipinski definition) is 2. The minimum Gasteiger partial charge on any atom is -0.457 e. The van der Waals surface area contributed by atoms with E-state index in [0.717, 1.165) is 11.3 Å². The fraction of sp³-hybridized carbons (Fsp3) is 0.0588. The van der Waals surface area contributed by atoms with Gasteiger partial charge in [-0.3, -0.25) is 9.89 Å². The van der Waals surface area contributed by atoms with Crippen molar-refractivity contribution in [2.75, 3.05) is 0 Å². The second kappa shape index (κ2) is 7.26. The number of aryl methyl sites for hydroxylation is 1. The number of amides is 1. The largest absolute Gasteiger partial charge is 0.457 e. The average molecular weight is 338 g/mol. The minimum absolute atomic E-state index is 0.127. The van der Waals surface area contributed by atoms with Crippen LogP contribution < -0.4 is 10.2 Å². The number of aromatic nitrogens is 2. The van der Waals surface area contributed by atoms with Gasteiger partial charge in [-0.05, 0) is 55.0 Å². The molecule has 3 rings (SSSR count). The lowest BCUT2D eigenvalue weighted by Gasteiger charge is -2.02. The quantitative estimate of drug-likeness (QED) is 0.321. The summed E-state index contributed by atoms with van der Waals surface area (Å²) in [6.45, 7) is 1.80. The smallest absolute Gasteiger partial charge is 0.379 e. The second-order valence-electron chi connectivity index (χ2n) is 5.07. The zero-order valence-corrected chi connectivity index (χ0v) is 13.2. The number of benzene rings is 1. The lowest BCUT2D eigenvalue weighted by molar-refractivity contribution is 0.0701. The van der Waals surface area contributed by atoms with E-state index in [2.05, 4.69) is 20.7 Å². The van der Waals surface area contributed by atoms with E-state index in [1.807, 2.05) is 0 Å². The van der Waals surface area contributed by atoms with Crippen LogP contribution in [0.4, 0.5) is 0 Å². The highest BCUT2D eigenvalue weighted by Crippen LogP contribution is 2.13. The topological polar surface area (TPSA) is 110 Å². The average Bonchev–Trinajstić information content (AvgIpc) is 3.28. The van der Waals surface area contributed by atoms with Crippen molar-refractivity contribution in [1.29, 1.82) is 0 Å². The lowest BCUT2D eigenvalue weighted by atomic mass is 10.2. The van der Waals surface area contributed by atoms with Crippen molar-refractivity contribution >= 4 is 18.1 Å². The first kappa shape index (κ1) is 16.2. The predicted molar refractivity (Wildman–Crippen MR) is 88.5 cm³/mol. The first-order valence-corrected chi connectivity index (χ1v) is 7.33. The SMILES string of the molecule is Cc1cc(C(=O)NN=Cc2ccc(OC(=O)c3ccco3)cc2)n[nH]1. The van der Waals surface area contributed by atoms with Crippen molar-refractivity contribution in [2.24, 2.45) is 5.10 Å². The molecule has 0 saturated carbocycles. The summed E-state index contributed by atoms with van der Waals surface area (Å²) < 4.78 is 10.1. The number of aromatic amines is 1. The van der Waals surface area contributed by atoms with E-state index in [4.69, 9.17) is 9.15 Å². The number of hydrogen-bond acceptors (Lipinski definition) is 6. The van der Waals surface area contributed by atoms with Crippen molar-refractivity contribution in [3.05, 3.63) is 71.4 Å². The molecular weight excluding hydrogens is 324 g/mol. The van der Waals surface area contributed by atoms with Crippen molar-refractivity contribution in [2.45, 2.75) is 6.92 Å². The number of nitrogens with zero attached hydrogens (tertiary/aromatic N) is 2. The van der Waals surface area contributed by atoms with Gasteiger partial charge in [0, 0.05) is 5.69 Å². The molecular formula is C17H14N4O4. The second-order valence-corrected chi connectivity index (χ2v) is 5.07. The Morgan fingerprint density at radius 1 is 1.28 bits per heavy atom. The van der Waals surface area contributed by atoms with Gasteiger partial charge in [-0.1, -0.05) is 0 Å². The summed E-state index contributed by atoms with van der Waals surface area (Å²) in [6.07, 6.45) is 2.87. The Bertz CT molecular complexity index is 895. The third kappa shape index (κ3) is 4.20. The van der Waals surface area contributed by atoms with E-state index in [1.165, 1.54) is 18.5 Å². The molecule has 0 unspecified atom stereocenters. The zero-order chi connectivity index (χ0) is 17.6. The van der Waals surface area contributed by atoms with Gasteiger partial charge in [-0.2, -0.15) is 10.2 Å². The van der Waals surface area contributed by atoms with Gasteiger partial charge in [0.05, 0.1) is 12.5 Å².